The van der Waals surface area contributed by atoms with Gasteiger partial charge in [0.05, 0.1) is 27.1 Å². The van der Waals surface area contributed by atoms with Gasteiger partial charge in [-0.3, -0.25) is 25.4 Å². The Balaban J connectivity index is 1.29. The molecule has 0 atom stereocenters. The summed E-state index contributed by atoms with van der Waals surface area (Å²) >= 11 is 17.4. The van der Waals surface area contributed by atoms with Crippen molar-refractivity contribution in [2.45, 2.75) is 12.6 Å². The highest BCUT2D eigenvalue weighted by atomic mass is 35.5. The van der Waals surface area contributed by atoms with E-state index < -0.39 is 34.6 Å². The second-order valence-electron chi connectivity index (χ2n) is 8.70. The van der Waals surface area contributed by atoms with Crippen molar-refractivity contribution in [1.82, 2.24) is 15.8 Å². The van der Waals surface area contributed by atoms with E-state index in [1.165, 1.54) is 48.7 Å². The highest BCUT2D eigenvalue weighted by molar-refractivity contribution is 6.42. The van der Waals surface area contributed by atoms with E-state index >= 15 is 0 Å². The number of hydrogen-bond acceptors (Lipinski definition) is 5. The van der Waals surface area contributed by atoms with E-state index in [9.17, 15) is 27.6 Å². The molecule has 3 aromatic carbocycles. The van der Waals surface area contributed by atoms with Gasteiger partial charge in [0.25, 0.3) is 5.91 Å². The molecule has 9 nitrogen and oxygen atoms in total. The van der Waals surface area contributed by atoms with E-state index in [0.717, 1.165) is 12.1 Å². The average Bonchev–Trinajstić information content (AvgIpc) is 2.95. The number of benzene rings is 3. The summed E-state index contributed by atoms with van der Waals surface area (Å²) in [5, 5.41) is 4.97. The lowest BCUT2D eigenvalue weighted by molar-refractivity contribution is -0.137. The fraction of sp³-hybridized carbons (Fsp3) is 0.0714. The second-order valence-corrected chi connectivity index (χ2v) is 9.92. The number of alkyl halides is 3. The number of carbonyl (C=O) groups excluding carboxylic acids is 3. The molecule has 4 amide bonds. The molecule has 0 saturated heterocycles. The summed E-state index contributed by atoms with van der Waals surface area (Å²) in [6, 6.07) is 15.8. The predicted molar refractivity (Wildman–Crippen MR) is 156 cm³/mol. The van der Waals surface area contributed by atoms with Crippen molar-refractivity contribution in [3.63, 3.8) is 0 Å². The van der Waals surface area contributed by atoms with Gasteiger partial charge < -0.3 is 15.4 Å². The van der Waals surface area contributed by atoms with E-state index in [2.05, 4.69) is 26.5 Å². The Bertz CT molecular complexity index is 1670. The summed E-state index contributed by atoms with van der Waals surface area (Å²) < 4.78 is 44.9. The number of ether oxygens (including phenoxy) is 1. The lowest BCUT2D eigenvalue weighted by Crippen LogP contribution is -2.42. The predicted octanol–water partition coefficient (Wildman–Crippen LogP) is 7.50. The van der Waals surface area contributed by atoms with Crippen molar-refractivity contribution in [3.05, 3.63) is 111 Å². The topological polar surface area (TPSA) is 121 Å². The smallest absolute Gasteiger partial charge is 0.417 e. The first-order valence-corrected chi connectivity index (χ1v) is 13.2. The Morgan fingerprint density at radius 3 is 2.12 bits per heavy atom. The van der Waals surface area contributed by atoms with Crippen molar-refractivity contribution in [2.24, 2.45) is 0 Å². The number of urea groups is 1. The third-order valence-corrected chi connectivity index (χ3v) is 6.57. The summed E-state index contributed by atoms with van der Waals surface area (Å²) in [5.74, 6) is -0.600. The normalized spacial score (nSPS) is 10.9. The third-order valence-electron chi connectivity index (χ3n) is 5.51. The molecule has 222 valence electrons. The Hall–Kier alpha value is -4.52. The maximum Gasteiger partial charge on any atom is 0.417 e. The molecule has 43 heavy (non-hydrogen) atoms. The number of anilines is 2. The first-order valence-electron chi connectivity index (χ1n) is 12.1. The van der Waals surface area contributed by atoms with Crippen LogP contribution in [0.1, 0.15) is 21.6 Å². The van der Waals surface area contributed by atoms with Crippen LogP contribution in [0.5, 0.6) is 11.5 Å². The van der Waals surface area contributed by atoms with Crippen LogP contribution in [0.25, 0.3) is 0 Å². The number of carbonyl (C=O) groups is 3. The van der Waals surface area contributed by atoms with Crippen molar-refractivity contribution in [2.75, 3.05) is 10.6 Å². The van der Waals surface area contributed by atoms with Crippen LogP contribution in [-0.4, -0.2) is 22.8 Å². The van der Waals surface area contributed by atoms with Crippen molar-refractivity contribution in [3.8, 4) is 11.5 Å². The molecule has 0 unspecified atom stereocenters. The van der Waals surface area contributed by atoms with E-state index in [1.54, 1.807) is 18.2 Å². The zero-order chi connectivity index (χ0) is 31.1. The Morgan fingerprint density at radius 1 is 0.744 bits per heavy atom. The van der Waals surface area contributed by atoms with Crippen LogP contribution in [0, 0.1) is 0 Å². The van der Waals surface area contributed by atoms with Gasteiger partial charge in [0.1, 0.15) is 17.2 Å². The Labute approximate surface area is 257 Å². The zero-order valence-corrected chi connectivity index (χ0v) is 23.8. The molecule has 0 aliphatic rings. The third kappa shape index (κ3) is 8.98. The van der Waals surface area contributed by atoms with Gasteiger partial charge in [0, 0.05) is 23.6 Å². The second kappa shape index (κ2) is 13.6. The van der Waals surface area contributed by atoms with Crippen LogP contribution in [0.4, 0.5) is 29.3 Å². The summed E-state index contributed by atoms with van der Waals surface area (Å²) in [7, 11) is 0. The van der Waals surface area contributed by atoms with Gasteiger partial charge in [0.15, 0.2) is 0 Å². The first kappa shape index (κ1) is 31.4. The van der Waals surface area contributed by atoms with Crippen LogP contribution in [0.3, 0.4) is 0 Å². The summed E-state index contributed by atoms with van der Waals surface area (Å²) in [4.78, 5) is 40.9. The van der Waals surface area contributed by atoms with E-state index in [4.69, 9.17) is 39.5 Å². The van der Waals surface area contributed by atoms with Gasteiger partial charge in [0.2, 0.25) is 5.91 Å². The standard InChI is InChI=1S/C28H19Cl3F3N5O4/c29-21-8-4-17(13-20(21)28(32,33)34)37-27(42)36-16-2-5-18(6-3-16)43-19-9-10-35-24(14-19)26(41)39-38-25(40)12-15-1-7-22(30)23(31)11-15/h1-11,13-14H,12H2,(H,38,40)(H,39,41)(H2,36,37,42). The number of rotatable bonds is 7. The number of nitrogens with zero attached hydrogens (tertiary/aromatic N) is 1. The van der Waals surface area contributed by atoms with Gasteiger partial charge in [-0.05, 0) is 66.2 Å². The lowest BCUT2D eigenvalue weighted by Gasteiger charge is -2.13. The molecule has 1 aromatic heterocycles. The number of hydrogen-bond donors (Lipinski definition) is 4. The first-order chi connectivity index (χ1) is 20.4. The number of halogens is 6. The minimum absolute atomic E-state index is 0.0434. The van der Waals surface area contributed by atoms with Crippen molar-refractivity contribution in [1.29, 1.82) is 0 Å². The van der Waals surface area contributed by atoms with Crippen molar-refractivity contribution >= 4 is 64.0 Å². The molecule has 4 rings (SSSR count). The quantitative estimate of drug-likeness (QED) is 0.154. The number of amides is 4. The maximum atomic E-state index is 13.0. The Morgan fingerprint density at radius 2 is 1.42 bits per heavy atom. The summed E-state index contributed by atoms with van der Waals surface area (Å²) in [5.41, 5.74) is 4.26. The van der Waals surface area contributed by atoms with Crippen LogP contribution < -0.4 is 26.2 Å². The molecule has 15 heteroatoms. The average molecular weight is 653 g/mol. The fourth-order valence-corrected chi connectivity index (χ4v) is 4.07. The summed E-state index contributed by atoms with van der Waals surface area (Å²) in [6.07, 6.45) is -3.39. The molecule has 1 heterocycles. The molecule has 4 aromatic rings. The molecule has 4 N–H and O–H groups in total. The highest BCUT2D eigenvalue weighted by Crippen LogP contribution is 2.36. The molecule has 0 bridgehead atoms. The Kier molecular flexibility index (Phi) is 9.96. The van der Waals surface area contributed by atoms with Gasteiger partial charge in [-0.25, -0.2) is 4.79 Å². The summed E-state index contributed by atoms with van der Waals surface area (Å²) in [6.45, 7) is 0. The van der Waals surface area contributed by atoms with E-state index in [-0.39, 0.29) is 23.6 Å². The molecular weight excluding hydrogens is 634 g/mol. The fourth-order valence-electron chi connectivity index (χ4n) is 3.52. The highest BCUT2D eigenvalue weighted by Gasteiger charge is 2.33. The molecule has 0 fully saturated rings. The van der Waals surface area contributed by atoms with Gasteiger partial charge in [-0.1, -0.05) is 40.9 Å². The maximum absolute atomic E-state index is 13.0. The molecule has 0 aliphatic carbocycles. The monoisotopic (exact) mass is 651 g/mol. The molecule has 0 aliphatic heterocycles. The number of pyridine rings is 1. The lowest BCUT2D eigenvalue weighted by atomic mass is 10.1. The van der Waals surface area contributed by atoms with Crippen LogP contribution in [0.15, 0.2) is 79.0 Å². The number of aromatic nitrogens is 1. The molecular formula is C28H19Cl3F3N5O4. The minimum atomic E-state index is -4.68. The van der Waals surface area contributed by atoms with Crippen molar-refractivity contribution < 1.29 is 32.3 Å². The number of hydrazine groups is 1. The van der Waals surface area contributed by atoms with E-state index in [1.807, 2.05) is 0 Å². The molecule has 0 spiro atoms. The van der Waals surface area contributed by atoms with Gasteiger partial charge in [-0.15, -0.1) is 0 Å². The number of nitrogens with one attached hydrogen (secondary N) is 4. The van der Waals surface area contributed by atoms with Crippen LogP contribution >= 0.6 is 34.8 Å². The minimum Gasteiger partial charge on any atom is -0.457 e. The van der Waals surface area contributed by atoms with Gasteiger partial charge in [-0.2, -0.15) is 13.2 Å². The van der Waals surface area contributed by atoms with Crippen LogP contribution in [-0.2, 0) is 17.4 Å². The van der Waals surface area contributed by atoms with E-state index in [0.29, 0.717) is 27.0 Å². The largest absolute Gasteiger partial charge is 0.457 e. The molecule has 0 radical (unpaired) electrons. The SMILES string of the molecule is O=C(Cc1ccc(Cl)c(Cl)c1)NNC(=O)c1cc(Oc2ccc(NC(=O)Nc3ccc(Cl)c(C(F)(F)F)c3)cc2)ccn1. The van der Waals surface area contributed by atoms with Crippen LogP contribution in [0.2, 0.25) is 15.1 Å². The zero-order valence-electron chi connectivity index (χ0n) is 21.6. The molecule has 0 saturated carbocycles. The van der Waals surface area contributed by atoms with Gasteiger partial charge >= 0.3 is 12.2 Å².